The first-order chi connectivity index (χ1) is 17.6. The summed E-state index contributed by atoms with van der Waals surface area (Å²) >= 11 is 0. The van der Waals surface area contributed by atoms with E-state index in [1.165, 1.54) is 12.1 Å². The highest BCUT2D eigenvalue weighted by atomic mass is 19.1. The number of hydrogen-bond acceptors (Lipinski definition) is 5. The number of hydrogen-bond donors (Lipinski definition) is 1. The summed E-state index contributed by atoms with van der Waals surface area (Å²) in [4.78, 5) is 22.3. The predicted octanol–water partition coefficient (Wildman–Crippen LogP) is 4.30. The van der Waals surface area contributed by atoms with Gasteiger partial charge in [0.15, 0.2) is 0 Å². The average molecular weight is 488 g/mol. The lowest BCUT2D eigenvalue weighted by Crippen LogP contribution is -2.46. The molecule has 0 radical (unpaired) electrons. The van der Waals surface area contributed by atoms with Gasteiger partial charge < -0.3 is 19.9 Å². The number of aryl methyl sites for hydroxylation is 1. The summed E-state index contributed by atoms with van der Waals surface area (Å²) in [5.41, 5.74) is 5.27. The molecule has 1 aliphatic heterocycles. The predicted molar refractivity (Wildman–Crippen MR) is 140 cm³/mol. The van der Waals surface area contributed by atoms with Crippen LogP contribution in [0, 0.1) is 5.82 Å². The van der Waals surface area contributed by atoms with Gasteiger partial charge in [-0.3, -0.25) is 9.20 Å². The number of nitrogens with zero attached hydrogens (tertiary/aromatic N) is 4. The molecule has 1 fully saturated rings. The number of benzene rings is 2. The minimum absolute atomic E-state index is 0.159. The maximum Gasteiger partial charge on any atom is 0.270 e. The number of imidazole rings is 1. The van der Waals surface area contributed by atoms with Crippen LogP contribution in [0.15, 0.2) is 66.9 Å². The van der Waals surface area contributed by atoms with E-state index in [4.69, 9.17) is 4.74 Å². The van der Waals surface area contributed by atoms with Gasteiger partial charge in [0.05, 0.1) is 19.0 Å². The smallest absolute Gasteiger partial charge is 0.270 e. The first-order valence-corrected chi connectivity index (χ1v) is 12.2. The summed E-state index contributed by atoms with van der Waals surface area (Å²) in [6.07, 6.45) is 2.46. The van der Waals surface area contributed by atoms with Gasteiger partial charge in [0.1, 0.15) is 22.9 Å². The maximum absolute atomic E-state index is 13.2. The standard InChI is InChI=1S/C28H30FN5O2/c1-3-25-27(34-19-24(36-2)12-13-26(34)31-25)28(35)30-18-20-4-8-22(9-5-20)32-14-16-33(17-15-32)23-10-6-21(29)7-11-23/h4-13,19H,3,14-18H2,1-2H3,(H,30,35). The van der Waals surface area contributed by atoms with Crippen LogP contribution < -0.4 is 19.9 Å². The highest BCUT2D eigenvalue weighted by Gasteiger charge is 2.20. The average Bonchev–Trinajstić information content (AvgIpc) is 3.30. The van der Waals surface area contributed by atoms with Crippen LogP contribution in [0.5, 0.6) is 5.75 Å². The Morgan fingerprint density at radius 3 is 2.14 bits per heavy atom. The highest BCUT2D eigenvalue weighted by molar-refractivity contribution is 5.94. The van der Waals surface area contributed by atoms with Crippen molar-refractivity contribution in [3.8, 4) is 5.75 Å². The normalized spacial score (nSPS) is 13.8. The molecule has 0 aliphatic carbocycles. The molecule has 186 valence electrons. The lowest BCUT2D eigenvalue weighted by atomic mass is 10.1. The molecule has 8 heteroatoms. The van der Waals surface area contributed by atoms with Crippen LogP contribution in [0.1, 0.15) is 28.7 Å². The molecule has 0 bridgehead atoms. The summed E-state index contributed by atoms with van der Waals surface area (Å²) in [6, 6.07) is 18.7. The minimum Gasteiger partial charge on any atom is -0.495 e. The Hall–Kier alpha value is -4.07. The fourth-order valence-electron chi connectivity index (χ4n) is 4.65. The number of fused-ring (bicyclic) bond motifs is 1. The fraction of sp³-hybridized carbons (Fsp3) is 0.286. The van der Waals surface area contributed by atoms with Crippen molar-refractivity contribution in [2.45, 2.75) is 19.9 Å². The van der Waals surface area contributed by atoms with Crippen molar-refractivity contribution in [1.29, 1.82) is 0 Å². The van der Waals surface area contributed by atoms with Crippen LogP contribution in [0.4, 0.5) is 15.8 Å². The minimum atomic E-state index is -0.210. The van der Waals surface area contributed by atoms with Crippen molar-refractivity contribution in [3.05, 3.63) is 89.6 Å². The number of piperazine rings is 1. The third kappa shape index (κ3) is 4.84. The van der Waals surface area contributed by atoms with Gasteiger partial charge in [-0.25, -0.2) is 9.37 Å². The van der Waals surface area contributed by atoms with E-state index in [9.17, 15) is 9.18 Å². The van der Waals surface area contributed by atoms with E-state index in [1.54, 1.807) is 17.7 Å². The van der Waals surface area contributed by atoms with E-state index in [0.29, 0.717) is 24.4 Å². The molecule has 1 saturated heterocycles. The van der Waals surface area contributed by atoms with Crippen LogP contribution in [0.2, 0.25) is 0 Å². The van der Waals surface area contributed by atoms with Gasteiger partial charge in [0.25, 0.3) is 5.91 Å². The van der Waals surface area contributed by atoms with Crippen molar-refractivity contribution in [3.63, 3.8) is 0 Å². The number of halogens is 1. The first kappa shape index (κ1) is 23.7. The molecule has 4 aromatic rings. The Bertz CT molecular complexity index is 1340. The highest BCUT2D eigenvalue weighted by Crippen LogP contribution is 2.22. The number of carbonyl (C=O) groups is 1. The Kier molecular flexibility index (Phi) is 6.75. The molecule has 1 N–H and O–H groups in total. The van der Waals surface area contributed by atoms with Crippen LogP contribution in [-0.4, -0.2) is 48.6 Å². The number of aromatic nitrogens is 2. The molecular weight excluding hydrogens is 457 g/mol. The number of carbonyl (C=O) groups excluding carboxylic acids is 1. The molecule has 0 saturated carbocycles. The zero-order chi connectivity index (χ0) is 25.1. The molecule has 0 atom stereocenters. The summed E-state index contributed by atoms with van der Waals surface area (Å²) in [7, 11) is 1.60. The van der Waals surface area contributed by atoms with E-state index in [2.05, 4.69) is 44.4 Å². The third-order valence-electron chi connectivity index (χ3n) is 6.68. The SMILES string of the molecule is CCc1nc2ccc(OC)cn2c1C(=O)NCc1ccc(N2CCN(c3ccc(F)cc3)CC2)cc1. The van der Waals surface area contributed by atoms with E-state index in [-0.39, 0.29) is 11.7 Å². The zero-order valence-corrected chi connectivity index (χ0v) is 20.6. The Balaban J connectivity index is 1.20. The summed E-state index contributed by atoms with van der Waals surface area (Å²) in [5.74, 6) is 0.303. The van der Waals surface area contributed by atoms with Crippen molar-refractivity contribution in [1.82, 2.24) is 14.7 Å². The second-order valence-corrected chi connectivity index (χ2v) is 8.86. The lowest BCUT2D eigenvalue weighted by molar-refractivity contribution is 0.0944. The van der Waals surface area contributed by atoms with Crippen LogP contribution in [-0.2, 0) is 13.0 Å². The molecule has 7 nitrogen and oxygen atoms in total. The largest absolute Gasteiger partial charge is 0.495 e. The van der Waals surface area contributed by atoms with Crippen LogP contribution in [0.25, 0.3) is 5.65 Å². The second kappa shape index (κ2) is 10.3. The summed E-state index contributed by atoms with van der Waals surface area (Å²) in [6.45, 7) is 5.97. The van der Waals surface area contributed by atoms with Crippen molar-refractivity contribution in [2.24, 2.45) is 0 Å². The maximum atomic E-state index is 13.2. The van der Waals surface area contributed by atoms with Gasteiger partial charge >= 0.3 is 0 Å². The number of nitrogens with one attached hydrogen (secondary N) is 1. The molecule has 0 unspecified atom stereocenters. The van der Waals surface area contributed by atoms with E-state index >= 15 is 0 Å². The summed E-state index contributed by atoms with van der Waals surface area (Å²) in [5, 5.41) is 3.05. The molecule has 2 aromatic carbocycles. The third-order valence-corrected chi connectivity index (χ3v) is 6.68. The number of amides is 1. The molecule has 1 amide bonds. The fourth-order valence-corrected chi connectivity index (χ4v) is 4.65. The second-order valence-electron chi connectivity index (χ2n) is 8.86. The van der Waals surface area contributed by atoms with Crippen LogP contribution >= 0.6 is 0 Å². The molecule has 2 aromatic heterocycles. The topological polar surface area (TPSA) is 62.1 Å². The Labute approximate surface area is 210 Å². The number of ether oxygens (including phenoxy) is 1. The number of pyridine rings is 1. The summed E-state index contributed by atoms with van der Waals surface area (Å²) < 4.78 is 20.3. The Morgan fingerprint density at radius 1 is 0.944 bits per heavy atom. The van der Waals surface area contributed by atoms with Crippen molar-refractivity contribution < 1.29 is 13.9 Å². The van der Waals surface area contributed by atoms with Gasteiger partial charge in [-0.1, -0.05) is 19.1 Å². The number of anilines is 2. The number of rotatable bonds is 7. The Morgan fingerprint density at radius 2 is 1.56 bits per heavy atom. The molecule has 5 rings (SSSR count). The van der Waals surface area contributed by atoms with Gasteiger partial charge in [-0.05, 0) is 60.5 Å². The molecule has 36 heavy (non-hydrogen) atoms. The van der Waals surface area contributed by atoms with E-state index in [0.717, 1.165) is 54.5 Å². The quantitative estimate of drug-likeness (QED) is 0.421. The van der Waals surface area contributed by atoms with E-state index in [1.807, 2.05) is 31.2 Å². The van der Waals surface area contributed by atoms with Gasteiger partial charge in [0, 0.05) is 44.1 Å². The van der Waals surface area contributed by atoms with E-state index < -0.39 is 0 Å². The van der Waals surface area contributed by atoms with Crippen LogP contribution in [0.3, 0.4) is 0 Å². The zero-order valence-electron chi connectivity index (χ0n) is 20.6. The lowest BCUT2D eigenvalue weighted by Gasteiger charge is -2.37. The van der Waals surface area contributed by atoms with Crippen molar-refractivity contribution >= 4 is 22.9 Å². The molecule has 3 heterocycles. The molecule has 1 aliphatic rings. The van der Waals surface area contributed by atoms with Gasteiger partial charge in [0.2, 0.25) is 0 Å². The van der Waals surface area contributed by atoms with Crippen molar-refractivity contribution in [2.75, 3.05) is 43.1 Å². The van der Waals surface area contributed by atoms with Gasteiger partial charge in [-0.2, -0.15) is 0 Å². The molecule has 0 spiro atoms. The number of methoxy groups -OCH3 is 1. The first-order valence-electron chi connectivity index (χ1n) is 12.2. The monoisotopic (exact) mass is 487 g/mol. The molecular formula is C28H30FN5O2. The van der Waals surface area contributed by atoms with Gasteiger partial charge in [-0.15, -0.1) is 0 Å².